The van der Waals surface area contributed by atoms with Gasteiger partial charge in [0.25, 0.3) is 0 Å². The molecule has 0 bridgehead atoms. The van der Waals surface area contributed by atoms with E-state index in [-0.39, 0.29) is 0 Å². The summed E-state index contributed by atoms with van der Waals surface area (Å²) >= 11 is 2.00. The minimum absolute atomic E-state index is 0.563. The van der Waals surface area contributed by atoms with E-state index >= 15 is 0 Å². The summed E-state index contributed by atoms with van der Waals surface area (Å²) in [5.41, 5.74) is 0. The first-order valence-corrected chi connectivity index (χ1v) is 8.93. The fourth-order valence-corrected chi connectivity index (χ4v) is 3.72. The number of nitrogens with one attached hydrogen (secondary N) is 2. The molecule has 2 atom stereocenters. The van der Waals surface area contributed by atoms with Gasteiger partial charge in [-0.25, -0.2) is 9.97 Å². The highest BCUT2D eigenvalue weighted by Gasteiger charge is 2.28. The molecular formula is C15H24N4S. The van der Waals surface area contributed by atoms with Crippen molar-refractivity contribution in [3.63, 3.8) is 0 Å². The van der Waals surface area contributed by atoms with Crippen LogP contribution >= 0.6 is 11.8 Å². The van der Waals surface area contributed by atoms with E-state index in [4.69, 9.17) is 4.98 Å². The summed E-state index contributed by atoms with van der Waals surface area (Å²) in [4.78, 5) is 9.29. The van der Waals surface area contributed by atoms with Gasteiger partial charge in [-0.3, -0.25) is 0 Å². The Morgan fingerprint density at radius 3 is 2.65 bits per heavy atom. The Kier molecular flexibility index (Phi) is 4.34. The van der Waals surface area contributed by atoms with E-state index in [1.165, 1.54) is 38.5 Å². The number of hydrogen-bond acceptors (Lipinski definition) is 5. The molecule has 5 heteroatoms. The summed E-state index contributed by atoms with van der Waals surface area (Å²) in [6.45, 7) is 0. The van der Waals surface area contributed by atoms with Gasteiger partial charge in [0.2, 0.25) is 0 Å². The maximum Gasteiger partial charge on any atom is 0.136 e. The third-order valence-electron chi connectivity index (χ3n) is 4.25. The Bertz CT molecular complexity index is 461. The molecule has 2 N–H and O–H groups in total. The summed E-state index contributed by atoms with van der Waals surface area (Å²) in [5.74, 6) is 3.53. The fourth-order valence-electron chi connectivity index (χ4n) is 2.89. The van der Waals surface area contributed by atoms with Crippen LogP contribution in [0.5, 0.6) is 0 Å². The molecule has 2 unspecified atom stereocenters. The van der Waals surface area contributed by atoms with Crippen molar-refractivity contribution in [1.82, 2.24) is 9.97 Å². The molecule has 2 saturated carbocycles. The van der Waals surface area contributed by atoms with Crippen molar-refractivity contribution in [3.05, 3.63) is 11.9 Å². The third kappa shape index (κ3) is 3.37. The lowest BCUT2D eigenvalue weighted by molar-refractivity contribution is 0.472. The number of thioether (sulfide) groups is 1. The molecule has 0 saturated heterocycles. The molecule has 110 valence electrons. The van der Waals surface area contributed by atoms with Gasteiger partial charge in [-0.05, 0) is 38.4 Å². The first kappa shape index (κ1) is 14.0. The largest absolute Gasteiger partial charge is 0.373 e. The van der Waals surface area contributed by atoms with Gasteiger partial charge in [0.1, 0.15) is 17.5 Å². The predicted octanol–water partition coefficient (Wildman–Crippen LogP) is 3.48. The van der Waals surface area contributed by atoms with Gasteiger partial charge in [0.05, 0.1) is 0 Å². The molecule has 1 heterocycles. The van der Waals surface area contributed by atoms with E-state index in [1.807, 2.05) is 24.9 Å². The molecule has 1 aromatic rings. The predicted molar refractivity (Wildman–Crippen MR) is 86.7 cm³/mol. The highest BCUT2D eigenvalue weighted by atomic mass is 32.2. The Morgan fingerprint density at radius 2 is 1.95 bits per heavy atom. The number of nitrogens with zero attached hydrogens (tertiary/aromatic N) is 2. The molecule has 2 fully saturated rings. The van der Waals surface area contributed by atoms with Crippen LogP contribution in [0.3, 0.4) is 0 Å². The molecule has 0 aliphatic heterocycles. The van der Waals surface area contributed by atoms with Crippen molar-refractivity contribution in [2.24, 2.45) is 0 Å². The molecule has 20 heavy (non-hydrogen) atoms. The van der Waals surface area contributed by atoms with E-state index in [9.17, 15) is 0 Å². The van der Waals surface area contributed by atoms with E-state index in [0.29, 0.717) is 12.0 Å². The SMILES string of the molecule is CNc1cc(NC2CCCC(SC)C2)nc(C2CC2)n1. The summed E-state index contributed by atoms with van der Waals surface area (Å²) in [6, 6.07) is 2.60. The molecule has 4 nitrogen and oxygen atoms in total. The summed E-state index contributed by atoms with van der Waals surface area (Å²) in [5, 5.41) is 7.59. The van der Waals surface area contributed by atoms with Crippen LogP contribution < -0.4 is 10.6 Å². The molecule has 2 aliphatic rings. The van der Waals surface area contributed by atoms with Gasteiger partial charge in [0.15, 0.2) is 0 Å². The monoisotopic (exact) mass is 292 g/mol. The van der Waals surface area contributed by atoms with E-state index in [2.05, 4.69) is 21.9 Å². The van der Waals surface area contributed by atoms with Gasteiger partial charge in [0, 0.05) is 30.3 Å². The van der Waals surface area contributed by atoms with Gasteiger partial charge < -0.3 is 10.6 Å². The normalized spacial score (nSPS) is 26.3. The zero-order valence-electron chi connectivity index (χ0n) is 12.4. The van der Waals surface area contributed by atoms with Gasteiger partial charge in [-0.2, -0.15) is 11.8 Å². The van der Waals surface area contributed by atoms with E-state index in [0.717, 1.165) is 22.7 Å². The van der Waals surface area contributed by atoms with Crippen LogP contribution in [0.1, 0.15) is 50.3 Å². The summed E-state index contributed by atoms with van der Waals surface area (Å²) in [6.07, 6.45) is 9.89. The summed E-state index contributed by atoms with van der Waals surface area (Å²) in [7, 11) is 1.92. The van der Waals surface area contributed by atoms with Crippen LogP contribution in [0.2, 0.25) is 0 Å². The number of anilines is 2. The molecular weight excluding hydrogens is 268 g/mol. The third-order valence-corrected chi connectivity index (χ3v) is 5.35. The quantitative estimate of drug-likeness (QED) is 0.870. The maximum absolute atomic E-state index is 4.72. The van der Waals surface area contributed by atoms with Crippen molar-refractivity contribution >= 4 is 23.4 Å². The topological polar surface area (TPSA) is 49.8 Å². The van der Waals surface area contributed by atoms with Crippen molar-refractivity contribution in [3.8, 4) is 0 Å². The second kappa shape index (κ2) is 6.20. The van der Waals surface area contributed by atoms with Crippen molar-refractivity contribution < 1.29 is 0 Å². The number of hydrogen-bond donors (Lipinski definition) is 2. The minimum atomic E-state index is 0.563. The molecule has 0 spiro atoms. The maximum atomic E-state index is 4.72. The Balaban J connectivity index is 1.71. The second-order valence-electron chi connectivity index (χ2n) is 5.89. The van der Waals surface area contributed by atoms with E-state index in [1.54, 1.807) is 0 Å². The van der Waals surface area contributed by atoms with Gasteiger partial charge in [-0.15, -0.1) is 0 Å². The molecule has 2 aliphatic carbocycles. The van der Waals surface area contributed by atoms with Gasteiger partial charge >= 0.3 is 0 Å². The molecule has 1 aromatic heterocycles. The summed E-state index contributed by atoms with van der Waals surface area (Å²) < 4.78 is 0. The average Bonchev–Trinajstić information content (AvgIpc) is 3.31. The van der Waals surface area contributed by atoms with Gasteiger partial charge in [-0.1, -0.05) is 6.42 Å². The lowest BCUT2D eigenvalue weighted by atomic mass is 9.95. The van der Waals surface area contributed by atoms with E-state index < -0.39 is 0 Å². The average molecular weight is 292 g/mol. The van der Waals surface area contributed by atoms with Crippen LogP contribution in [-0.2, 0) is 0 Å². The Hall–Kier alpha value is -0.970. The van der Waals surface area contributed by atoms with Crippen molar-refractivity contribution in [2.45, 2.75) is 55.7 Å². The molecule has 3 rings (SSSR count). The van der Waals surface area contributed by atoms with Crippen LogP contribution in [0.15, 0.2) is 6.07 Å². The van der Waals surface area contributed by atoms with Crippen LogP contribution in [0, 0.1) is 0 Å². The Morgan fingerprint density at radius 1 is 1.15 bits per heavy atom. The lowest BCUT2D eigenvalue weighted by Gasteiger charge is -2.29. The minimum Gasteiger partial charge on any atom is -0.373 e. The smallest absolute Gasteiger partial charge is 0.136 e. The molecule has 0 radical (unpaired) electrons. The fraction of sp³-hybridized carbons (Fsp3) is 0.733. The van der Waals surface area contributed by atoms with Crippen molar-refractivity contribution in [2.75, 3.05) is 23.9 Å². The first-order valence-electron chi connectivity index (χ1n) is 7.64. The second-order valence-corrected chi connectivity index (χ2v) is 7.02. The highest BCUT2D eigenvalue weighted by Crippen LogP contribution is 2.39. The standard InChI is InChI=1S/C15H24N4S/c1-16-13-9-14(19-15(18-13)10-6-7-10)17-11-4-3-5-12(8-11)20-2/h9-12H,3-8H2,1-2H3,(H2,16,17,18,19). The number of rotatable bonds is 5. The zero-order chi connectivity index (χ0) is 13.9. The highest BCUT2D eigenvalue weighted by molar-refractivity contribution is 7.99. The lowest BCUT2D eigenvalue weighted by Crippen LogP contribution is -2.29. The molecule has 0 aromatic carbocycles. The Labute approximate surface area is 125 Å². The van der Waals surface area contributed by atoms with Crippen molar-refractivity contribution in [1.29, 1.82) is 0 Å². The van der Waals surface area contributed by atoms with Crippen LogP contribution in [-0.4, -0.2) is 34.6 Å². The molecule has 0 amide bonds. The zero-order valence-corrected chi connectivity index (χ0v) is 13.2. The number of aromatic nitrogens is 2. The first-order chi connectivity index (χ1) is 9.78. The van der Waals surface area contributed by atoms with Crippen LogP contribution in [0.4, 0.5) is 11.6 Å². The van der Waals surface area contributed by atoms with Crippen LogP contribution in [0.25, 0.3) is 0 Å².